The molecule has 2 aromatic rings. The highest BCUT2D eigenvalue weighted by molar-refractivity contribution is 7.47. The van der Waals surface area contributed by atoms with Gasteiger partial charge in [-0.3, -0.25) is 27.1 Å². The Morgan fingerprint density at radius 2 is 0.947 bits per heavy atom. The molecule has 0 unspecified atom stereocenters. The van der Waals surface area contributed by atoms with Crippen LogP contribution in [0.25, 0.3) is 0 Å². The summed E-state index contributed by atoms with van der Waals surface area (Å²) in [6.07, 6.45) is -18.9. The number of fused-ring (bicyclic) bond motifs is 1. The summed E-state index contributed by atoms with van der Waals surface area (Å²) in [5, 5.41) is 16.1. The van der Waals surface area contributed by atoms with Gasteiger partial charge in [0.25, 0.3) is 0 Å². The Bertz CT molecular complexity index is 1880. The largest absolute Gasteiger partial charge is 0.623 e. The van der Waals surface area contributed by atoms with E-state index in [1.807, 2.05) is 36.4 Å². The van der Waals surface area contributed by atoms with E-state index in [1.54, 1.807) is 19.2 Å². The Hall–Kier alpha value is -1.67. The standard InChI is InChI=1S/C16H14ClN3O.C6H18O24P6/c1-18-15-10-20(21)16(11-5-3-2-4-6-11)13-9-12(17)7-8-14(13)19-15;7-31(8,9)25-1-2(26-32(10,11)12)4(28-34(16,17)18)6(30-36(22,23)24)5(29-35(19,20)21)3(1)27-33(13,14)15/h2-9H,10H2,1H3,(H,18,19);1-6H,(H2,7,8,9)(H2,10,11,12)(H2,13,14,15)(H2,16,17,18)(H2,19,20,21)(H2,22,23,24)/t;1-,2-,3-,4+,5-,6-. The number of halogens is 1. The molecule has 0 aromatic heterocycles. The lowest BCUT2D eigenvalue weighted by molar-refractivity contribution is -0.439. The molecular weight excluding hydrogens is 928 g/mol. The van der Waals surface area contributed by atoms with E-state index >= 15 is 0 Å². The number of amidine groups is 1. The molecule has 13 N–H and O–H groups in total. The first kappa shape index (κ1) is 49.7. The maximum absolute atomic E-state index is 12.6. The van der Waals surface area contributed by atoms with E-state index in [4.69, 9.17) is 70.3 Å². The third-order valence-corrected chi connectivity index (χ3v) is 10.2. The van der Waals surface area contributed by atoms with Gasteiger partial charge in [-0.15, -0.1) is 0 Å². The van der Waals surface area contributed by atoms with E-state index in [0.29, 0.717) is 16.6 Å². The smallest absolute Gasteiger partial charge is 0.470 e. The predicted molar refractivity (Wildman–Crippen MR) is 187 cm³/mol. The van der Waals surface area contributed by atoms with Gasteiger partial charge in [-0.05, 0) is 30.3 Å². The Balaban J connectivity index is 0.000000347. The summed E-state index contributed by atoms with van der Waals surface area (Å²) < 4.78 is 94.1. The second-order valence-electron chi connectivity index (χ2n) is 11.1. The van der Waals surface area contributed by atoms with Crippen molar-refractivity contribution in [2.24, 2.45) is 4.99 Å². The number of aliphatic imine (C=N–C) groups is 1. The third kappa shape index (κ3) is 16.4. The number of benzene rings is 2. The minimum Gasteiger partial charge on any atom is -0.623 e. The lowest BCUT2D eigenvalue weighted by Crippen LogP contribution is -2.66. The van der Waals surface area contributed by atoms with Crippen LogP contribution in [0.1, 0.15) is 11.1 Å². The fourth-order valence-corrected chi connectivity index (χ4v) is 8.66. The van der Waals surface area contributed by atoms with Crippen molar-refractivity contribution in [1.29, 1.82) is 0 Å². The van der Waals surface area contributed by atoms with Crippen LogP contribution < -0.4 is 5.32 Å². The lowest BCUT2D eigenvalue weighted by Gasteiger charge is -2.48. The summed E-state index contributed by atoms with van der Waals surface area (Å²) in [6.45, 7) is 0.174. The average molecular weight is 960 g/mol. The third-order valence-electron chi connectivity index (χ3n) is 6.84. The van der Waals surface area contributed by atoms with Crippen molar-refractivity contribution in [3.05, 3.63) is 69.9 Å². The molecule has 0 atom stereocenters. The fourth-order valence-electron chi connectivity index (χ4n) is 5.15. The van der Waals surface area contributed by atoms with Gasteiger partial charge < -0.3 is 69.2 Å². The normalized spacial score (nSPS) is 23.8. The maximum Gasteiger partial charge on any atom is 0.470 e. The molecule has 1 heterocycles. The van der Waals surface area contributed by atoms with E-state index < -0.39 is 83.6 Å². The number of nitrogens with one attached hydrogen (secondary N) is 1. The number of nitrogens with zero attached hydrogens (tertiary/aromatic N) is 2. The molecule has 35 heteroatoms. The second kappa shape index (κ2) is 18.9. The Labute approximate surface area is 323 Å². The molecule has 0 spiro atoms. The first-order valence-electron chi connectivity index (χ1n) is 14.6. The van der Waals surface area contributed by atoms with Crippen molar-refractivity contribution in [2.45, 2.75) is 36.6 Å². The number of phosphoric acid groups is 6. The molecular formula is C22H32ClN3O25P6. The molecule has 1 saturated carbocycles. The van der Waals surface area contributed by atoms with Gasteiger partial charge in [-0.2, -0.15) is 4.74 Å². The van der Waals surface area contributed by atoms with Crippen LogP contribution in [0.2, 0.25) is 5.02 Å². The van der Waals surface area contributed by atoms with Crippen LogP contribution in [0.4, 0.5) is 5.69 Å². The zero-order valence-corrected chi connectivity index (χ0v) is 34.0. The highest BCUT2D eigenvalue weighted by Gasteiger charge is 2.62. The molecule has 0 amide bonds. The van der Waals surface area contributed by atoms with Gasteiger partial charge in [-0.1, -0.05) is 29.8 Å². The molecule has 28 nitrogen and oxygen atoms in total. The number of rotatable bonds is 13. The SMILES string of the molecule is CNC1=Nc2ccc(Cl)cc2C(c2ccccc2)=[N+]([O-])C1.O=P(O)(O)O[C@H]1[C@H](OP(=O)(O)O)[C@@H](OP(=O)(O)O)[C@H](OP(=O)(O)O)[C@@H](OP(=O)(O)O)[C@H]1OP(=O)(O)O. The highest BCUT2D eigenvalue weighted by atomic mass is 35.5. The van der Waals surface area contributed by atoms with Crippen LogP contribution in [0, 0.1) is 5.21 Å². The highest BCUT2D eigenvalue weighted by Crippen LogP contribution is 2.57. The maximum atomic E-state index is 12.6. The molecule has 322 valence electrons. The Morgan fingerprint density at radius 3 is 1.25 bits per heavy atom. The average Bonchev–Trinajstić information content (AvgIpc) is 3.14. The van der Waals surface area contributed by atoms with Crippen molar-refractivity contribution < 1.29 is 118 Å². The van der Waals surface area contributed by atoms with E-state index in [-0.39, 0.29) is 6.54 Å². The summed E-state index contributed by atoms with van der Waals surface area (Å²) in [5.41, 5.74) is 2.92. The number of hydroxylamine groups is 1. The van der Waals surface area contributed by atoms with Crippen LogP contribution in [0.15, 0.2) is 53.5 Å². The molecule has 1 fully saturated rings. The van der Waals surface area contributed by atoms with Gasteiger partial charge in [-0.25, -0.2) is 32.4 Å². The van der Waals surface area contributed by atoms with Crippen molar-refractivity contribution in [1.82, 2.24) is 5.32 Å². The molecule has 2 aromatic carbocycles. The van der Waals surface area contributed by atoms with Gasteiger partial charge in [0, 0.05) is 17.6 Å². The number of hydrogen-bond acceptors (Lipinski definition) is 15. The molecule has 0 bridgehead atoms. The van der Waals surface area contributed by atoms with Gasteiger partial charge in [0.2, 0.25) is 12.3 Å². The van der Waals surface area contributed by atoms with Gasteiger partial charge in [0.1, 0.15) is 36.6 Å². The topological polar surface area (TPSA) is 451 Å². The number of likely N-dealkylation sites (N-methyl/N-ethyl adjacent to an activating group) is 1. The van der Waals surface area contributed by atoms with E-state index in [1.165, 1.54) is 0 Å². The minimum atomic E-state index is -6.02. The molecule has 0 saturated heterocycles. The summed E-state index contributed by atoms with van der Waals surface area (Å²) in [4.78, 5) is 114. The molecule has 1 aliphatic carbocycles. The zero-order valence-electron chi connectivity index (χ0n) is 27.9. The fraction of sp³-hybridized carbons (Fsp3) is 0.364. The van der Waals surface area contributed by atoms with E-state index in [9.17, 15) is 32.6 Å². The second-order valence-corrected chi connectivity index (χ2v) is 18.7. The zero-order chi connectivity index (χ0) is 43.5. The van der Waals surface area contributed by atoms with Crippen molar-refractivity contribution >= 4 is 75.8 Å². The predicted octanol–water partition coefficient (Wildman–Crippen LogP) is -0.182. The first-order chi connectivity index (χ1) is 25.8. The van der Waals surface area contributed by atoms with E-state index in [0.717, 1.165) is 21.6 Å². The van der Waals surface area contributed by atoms with Gasteiger partial charge in [0.15, 0.2) is 5.84 Å². The monoisotopic (exact) mass is 959 g/mol. The van der Waals surface area contributed by atoms with Crippen molar-refractivity contribution in [2.75, 3.05) is 13.6 Å². The van der Waals surface area contributed by atoms with Crippen molar-refractivity contribution in [3.63, 3.8) is 0 Å². The van der Waals surface area contributed by atoms with Crippen LogP contribution in [0.5, 0.6) is 0 Å². The molecule has 1 aliphatic heterocycles. The van der Waals surface area contributed by atoms with Crippen LogP contribution in [-0.4, -0.2) is 125 Å². The van der Waals surface area contributed by atoms with Crippen LogP contribution >= 0.6 is 58.5 Å². The summed E-state index contributed by atoms with van der Waals surface area (Å²) in [5.74, 6) is 0.625. The first-order valence-corrected chi connectivity index (χ1v) is 24.2. The minimum absolute atomic E-state index is 0.174. The Morgan fingerprint density at radius 1 is 0.614 bits per heavy atom. The van der Waals surface area contributed by atoms with Crippen LogP contribution in [-0.2, 0) is 54.5 Å². The summed E-state index contributed by atoms with van der Waals surface area (Å²) in [7, 11) is -34.3. The molecule has 4 rings (SSSR count). The van der Waals surface area contributed by atoms with Crippen LogP contribution in [0.3, 0.4) is 0 Å². The lowest BCUT2D eigenvalue weighted by atomic mass is 9.85. The summed E-state index contributed by atoms with van der Waals surface area (Å²) in [6, 6.07) is 15.0. The van der Waals surface area contributed by atoms with E-state index in [2.05, 4.69) is 37.5 Å². The Kier molecular flexibility index (Phi) is 16.5. The van der Waals surface area contributed by atoms with Gasteiger partial charge >= 0.3 is 46.9 Å². The van der Waals surface area contributed by atoms with Crippen molar-refractivity contribution in [3.8, 4) is 0 Å². The molecule has 57 heavy (non-hydrogen) atoms. The van der Waals surface area contributed by atoms with Gasteiger partial charge in [0.05, 0.1) is 11.3 Å². The quantitative estimate of drug-likeness (QED) is 0.0703. The molecule has 0 radical (unpaired) electrons. The summed E-state index contributed by atoms with van der Waals surface area (Å²) >= 11 is 6.10. The number of hydrogen-bond donors (Lipinski definition) is 13. The molecule has 2 aliphatic rings. The number of phosphoric ester groups is 6.